The van der Waals surface area contributed by atoms with Gasteiger partial charge in [-0.05, 0) is 18.4 Å². The van der Waals surface area contributed by atoms with Gasteiger partial charge in [-0.25, -0.2) is 9.37 Å². The van der Waals surface area contributed by atoms with Crippen molar-refractivity contribution in [2.45, 2.75) is 26.3 Å². The number of aromatic nitrogens is 1. The normalized spacial score (nSPS) is 12.3. The minimum Gasteiger partial charge on any atom is -0.495 e. The zero-order valence-electron chi connectivity index (χ0n) is 13.3. The van der Waals surface area contributed by atoms with Crippen LogP contribution >= 0.6 is 0 Å². The molecular formula is C16H20FN3O3. The van der Waals surface area contributed by atoms with Crippen LogP contribution in [0.15, 0.2) is 29.1 Å². The van der Waals surface area contributed by atoms with Crippen molar-refractivity contribution in [1.82, 2.24) is 4.98 Å². The van der Waals surface area contributed by atoms with Gasteiger partial charge in [-0.3, -0.25) is 4.79 Å². The van der Waals surface area contributed by atoms with Gasteiger partial charge in [0.25, 0.3) is 0 Å². The number of rotatable bonds is 6. The average Bonchev–Trinajstić information content (AvgIpc) is 3.00. The number of methoxy groups -OCH3 is 1. The molecule has 0 aliphatic heterocycles. The molecule has 1 amide bonds. The van der Waals surface area contributed by atoms with Crippen LogP contribution < -0.4 is 15.8 Å². The van der Waals surface area contributed by atoms with Crippen LogP contribution in [0.3, 0.4) is 0 Å². The second-order valence-electron chi connectivity index (χ2n) is 5.62. The van der Waals surface area contributed by atoms with E-state index in [4.69, 9.17) is 14.9 Å². The summed E-state index contributed by atoms with van der Waals surface area (Å²) in [4.78, 5) is 15.9. The van der Waals surface area contributed by atoms with Crippen LogP contribution in [0.4, 0.5) is 10.1 Å². The summed E-state index contributed by atoms with van der Waals surface area (Å²) in [6.45, 7) is 3.94. The molecular weight excluding hydrogens is 301 g/mol. The molecule has 1 aromatic carbocycles. The summed E-state index contributed by atoms with van der Waals surface area (Å²) in [6.07, 6.45) is 3.14. The average molecular weight is 321 g/mol. The summed E-state index contributed by atoms with van der Waals surface area (Å²) < 4.78 is 24.6. The summed E-state index contributed by atoms with van der Waals surface area (Å²) in [5.41, 5.74) is 6.25. The third-order valence-electron chi connectivity index (χ3n) is 3.31. The fourth-order valence-corrected chi connectivity index (χ4v) is 2.20. The highest BCUT2D eigenvalue weighted by atomic mass is 19.1. The zero-order chi connectivity index (χ0) is 17.0. The lowest BCUT2D eigenvalue weighted by Crippen LogP contribution is -2.36. The first-order valence-corrected chi connectivity index (χ1v) is 7.25. The molecule has 1 atom stereocenters. The van der Waals surface area contributed by atoms with Crippen LogP contribution in [0.1, 0.15) is 20.3 Å². The van der Waals surface area contributed by atoms with E-state index in [1.54, 1.807) is 0 Å². The van der Waals surface area contributed by atoms with Gasteiger partial charge in [0.2, 0.25) is 5.91 Å². The molecule has 0 aliphatic rings. The number of benzene rings is 1. The highest BCUT2D eigenvalue weighted by Gasteiger charge is 2.19. The van der Waals surface area contributed by atoms with Gasteiger partial charge in [0.05, 0.1) is 30.6 Å². The molecule has 7 heteroatoms. The molecule has 0 fully saturated rings. The number of nitrogens with zero attached hydrogens (tertiary/aromatic N) is 1. The van der Waals surface area contributed by atoms with Crippen molar-refractivity contribution < 1.29 is 18.3 Å². The summed E-state index contributed by atoms with van der Waals surface area (Å²) >= 11 is 0. The number of hydrogen-bond donors (Lipinski definition) is 2. The second kappa shape index (κ2) is 7.23. The molecule has 0 spiro atoms. The van der Waals surface area contributed by atoms with Gasteiger partial charge in [-0.1, -0.05) is 13.8 Å². The number of nitrogens with two attached hydrogens (primary N) is 1. The van der Waals surface area contributed by atoms with E-state index in [9.17, 15) is 9.18 Å². The molecule has 23 heavy (non-hydrogen) atoms. The standard InChI is InChI=1S/C16H20FN3O3/c1-9(2)4-12(18)16(21)20-13-6-11(17)10(5-14(13)22-3)15-7-19-8-23-15/h5-9,12H,4,18H2,1-3H3,(H,20,21)/t12-/m1/s1. The number of anilines is 1. The fraction of sp³-hybridized carbons (Fsp3) is 0.375. The number of carbonyl (C=O) groups is 1. The molecule has 2 rings (SSSR count). The number of nitrogens with one attached hydrogen (secondary N) is 1. The molecule has 3 N–H and O–H groups in total. The van der Waals surface area contributed by atoms with E-state index in [0.29, 0.717) is 12.2 Å². The van der Waals surface area contributed by atoms with Gasteiger partial charge in [-0.2, -0.15) is 0 Å². The first kappa shape index (κ1) is 17.0. The van der Waals surface area contributed by atoms with Gasteiger partial charge >= 0.3 is 0 Å². The Balaban J connectivity index is 2.26. The zero-order valence-corrected chi connectivity index (χ0v) is 13.3. The molecule has 0 radical (unpaired) electrons. The Morgan fingerprint density at radius 1 is 1.48 bits per heavy atom. The Kier molecular flexibility index (Phi) is 5.33. The molecule has 1 heterocycles. The lowest BCUT2D eigenvalue weighted by atomic mass is 10.0. The first-order chi connectivity index (χ1) is 10.9. The van der Waals surface area contributed by atoms with Crippen molar-refractivity contribution in [3.63, 3.8) is 0 Å². The number of amides is 1. The number of oxazole rings is 1. The predicted octanol–water partition coefficient (Wildman–Crippen LogP) is 2.80. The van der Waals surface area contributed by atoms with Crippen molar-refractivity contribution in [3.05, 3.63) is 30.5 Å². The lowest BCUT2D eigenvalue weighted by Gasteiger charge is -2.16. The monoisotopic (exact) mass is 321 g/mol. The SMILES string of the molecule is COc1cc(-c2cnco2)c(F)cc1NC(=O)[C@H](N)CC(C)C. The molecule has 124 valence electrons. The number of carbonyl (C=O) groups excluding carboxylic acids is 1. The summed E-state index contributed by atoms with van der Waals surface area (Å²) in [6, 6.07) is 1.95. The molecule has 6 nitrogen and oxygen atoms in total. The van der Waals surface area contributed by atoms with Crippen LogP contribution in [0.2, 0.25) is 0 Å². The Labute approximate surface area is 133 Å². The minimum atomic E-state index is -0.670. The van der Waals surface area contributed by atoms with Gasteiger partial charge in [0, 0.05) is 6.07 Å². The number of hydrogen-bond acceptors (Lipinski definition) is 5. The van der Waals surface area contributed by atoms with Gasteiger partial charge in [0.15, 0.2) is 12.2 Å². The van der Waals surface area contributed by atoms with Crippen molar-refractivity contribution in [2.75, 3.05) is 12.4 Å². The van der Waals surface area contributed by atoms with E-state index in [2.05, 4.69) is 10.3 Å². The quantitative estimate of drug-likeness (QED) is 0.854. The summed E-state index contributed by atoms with van der Waals surface area (Å²) in [5.74, 6) is -0.0830. The fourth-order valence-electron chi connectivity index (χ4n) is 2.20. The van der Waals surface area contributed by atoms with E-state index in [1.165, 1.54) is 31.8 Å². The van der Waals surface area contributed by atoms with Crippen molar-refractivity contribution in [1.29, 1.82) is 0 Å². The highest BCUT2D eigenvalue weighted by molar-refractivity contribution is 5.96. The highest BCUT2D eigenvalue weighted by Crippen LogP contribution is 2.33. The smallest absolute Gasteiger partial charge is 0.241 e. The molecule has 1 aromatic heterocycles. The van der Waals surface area contributed by atoms with Crippen LogP contribution in [0, 0.1) is 11.7 Å². The first-order valence-electron chi connectivity index (χ1n) is 7.25. The largest absolute Gasteiger partial charge is 0.495 e. The molecule has 0 aliphatic carbocycles. The van der Waals surface area contributed by atoms with Crippen molar-refractivity contribution in [2.24, 2.45) is 11.7 Å². The maximum atomic E-state index is 14.3. The third-order valence-corrected chi connectivity index (χ3v) is 3.31. The third kappa shape index (κ3) is 4.07. The number of halogens is 1. The molecule has 0 saturated carbocycles. The molecule has 2 aromatic rings. The van der Waals surface area contributed by atoms with Gasteiger partial charge in [0.1, 0.15) is 11.6 Å². The lowest BCUT2D eigenvalue weighted by molar-refractivity contribution is -0.117. The van der Waals surface area contributed by atoms with E-state index in [-0.39, 0.29) is 28.8 Å². The second-order valence-corrected chi connectivity index (χ2v) is 5.62. The van der Waals surface area contributed by atoms with Crippen LogP contribution in [0.25, 0.3) is 11.3 Å². The topological polar surface area (TPSA) is 90.4 Å². The Morgan fingerprint density at radius 2 is 2.22 bits per heavy atom. The molecule has 0 saturated heterocycles. The summed E-state index contributed by atoms with van der Waals surface area (Å²) in [7, 11) is 1.43. The van der Waals surface area contributed by atoms with E-state index in [0.717, 1.165) is 0 Å². The van der Waals surface area contributed by atoms with Crippen LogP contribution in [0.5, 0.6) is 5.75 Å². The Morgan fingerprint density at radius 3 is 2.78 bits per heavy atom. The maximum Gasteiger partial charge on any atom is 0.241 e. The van der Waals surface area contributed by atoms with Crippen molar-refractivity contribution in [3.8, 4) is 17.1 Å². The predicted molar refractivity (Wildman–Crippen MR) is 84.5 cm³/mol. The Hall–Kier alpha value is -2.41. The van der Waals surface area contributed by atoms with Crippen molar-refractivity contribution >= 4 is 11.6 Å². The van der Waals surface area contributed by atoms with Gasteiger partial charge < -0.3 is 20.2 Å². The molecule has 0 bridgehead atoms. The number of ether oxygens (including phenoxy) is 1. The van der Waals surface area contributed by atoms with Crippen LogP contribution in [-0.4, -0.2) is 24.0 Å². The maximum absolute atomic E-state index is 14.3. The van der Waals surface area contributed by atoms with E-state index in [1.807, 2.05) is 13.8 Å². The van der Waals surface area contributed by atoms with E-state index >= 15 is 0 Å². The minimum absolute atomic E-state index is 0.198. The summed E-state index contributed by atoms with van der Waals surface area (Å²) in [5, 5.41) is 2.60. The van der Waals surface area contributed by atoms with Gasteiger partial charge in [-0.15, -0.1) is 0 Å². The van der Waals surface area contributed by atoms with E-state index < -0.39 is 11.9 Å². The Bertz CT molecular complexity index is 671. The molecule has 0 unspecified atom stereocenters. The van der Waals surface area contributed by atoms with Crippen LogP contribution in [-0.2, 0) is 4.79 Å².